The molecule has 1 aliphatic rings. The molecule has 1 fully saturated rings. The summed E-state index contributed by atoms with van der Waals surface area (Å²) in [5.74, 6) is 1.67. The van der Waals surface area contributed by atoms with Crippen LogP contribution >= 0.6 is 0 Å². The molecule has 1 saturated heterocycles. The topological polar surface area (TPSA) is 63.3 Å². The van der Waals surface area contributed by atoms with Crippen molar-refractivity contribution in [2.45, 2.75) is 46.1 Å². The van der Waals surface area contributed by atoms with Gasteiger partial charge in [0.2, 0.25) is 0 Å². The molecule has 0 atom stereocenters. The third-order valence-electron chi connectivity index (χ3n) is 5.65. The SMILES string of the molecule is COc1ccc(OC)c(CN2CCN(C(=O)NCc3cccc(COC(C)(C)C)c3)CC2)c1. The van der Waals surface area contributed by atoms with Gasteiger partial charge in [0.05, 0.1) is 26.4 Å². The van der Waals surface area contributed by atoms with E-state index in [1.807, 2.05) is 62.1 Å². The zero-order chi connectivity index (χ0) is 23.8. The molecule has 33 heavy (non-hydrogen) atoms. The Balaban J connectivity index is 1.46. The third-order valence-corrected chi connectivity index (χ3v) is 5.65. The first-order chi connectivity index (χ1) is 15.8. The highest BCUT2D eigenvalue weighted by molar-refractivity contribution is 5.74. The number of ether oxygens (including phenoxy) is 3. The van der Waals surface area contributed by atoms with Crippen molar-refractivity contribution in [3.05, 3.63) is 59.2 Å². The lowest BCUT2D eigenvalue weighted by Crippen LogP contribution is -2.51. The van der Waals surface area contributed by atoms with Crippen molar-refractivity contribution in [2.24, 2.45) is 0 Å². The number of benzene rings is 2. The Hall–Kier alpha value is -2.77. The molecule has 2 aromatic rings. The van der Waals surface area contributed by atoms with E-state index in [1.165, 1.54) is 0 Å². The van der Waals surface area contributed by atoms with E-state index < -0.39 is 0 Å². The van der Waals surface area contributed by atoms with Gasteiger partial charge in [-0.25, -0.2) is 4.79 Å². The Bertz CT molecular complexity index is 918. The highest BCUT2D eigenvalue weighted by Crippen LogP contribution is 2.25. The second-order valence-electron chi connectivity index (χ2n) is 9.32. The maximum Gasteiger partial charge on any atom is 0.317 e. The number of nitrogens with one attached hydrogen (secondary N) is 1. The van der Waals surface area contributed by atoms with Crippen LogP contribution < -0.4 is 14.8 Å². The molecule has 7 nitrogen and oxygen atoms in total. The van der Waals surface area contributed by atoms with E-state index in [0.29, 0.717) is 26.2 Å². The molecule has 0 unspecified atom stereocenters. The molecule has 0 spiro atoms. The molecule has 1 N–H and O–H groups in total. The number of nitrogens with zero attached hydrogens (tertiary/aromatic N) is 2. The van der Waals surface area contributed by atoms with Crippen LogP contribution in [0.25, 0.3) is 0 Å². The zero-order valence-electron chi connectivity index (χ0n) is 20.5. The van der Waals surface area contributed by atoms with Crippen molar-refractivity contribution in [3.63, 3.8) is 0 Å². The van der Waals surface area contributed by atoms with Crippen molar-refractivity contribution < 1.29 is 19.0 Å². The molecule has 7 heteroatoms. The minimum absolute atomic E-state index is 0.0232. The van der Waals surface area contributed by atoms with E-state index in [9.17, 15) is 4.79 Å². The van der Waals surface area contributed by atoms with Crippen molar-refractivity contribution in [1.29, 1.82) is 0 Å². The van der Waals surface area contributed by atoms with Gasteiger partial charge in [-0.05, 0) is 50.1 Å². The number of rotatable bonds is 8. The first kappa shape index (κ1) is 24.9. The largest absolute Gasteiger partial charge is 0.497 e. The summed E-state index contributed by atoms with van der Waals surface area (Å²) >= 11 is 0. The number of amides is 2. The Morgan fingerprint density at radius 3 is 2.36 bits per heavy atom. The summed E-state index contributed by atoms with van der Waals surface area (Å²) < 4.78 is 16.7. The molecule has 1 aliphatic heterocycles. The number of hydrogen-bond donors (Lipinski definition) is 1. The van der Waals surface area contributed by atoms with Gasteiger partial charge in [-0.1, -0.05) is 24.3 Å². The van der Waals surface area contributed by atoms with Crippen LogP contribution in [0.15, 0.2) is 42.5 Å². The van der Waals surface area contributed by atoms with Crippen molar-refractivity contribution >= 4 is 6.03 Å². The first-order valence-corrected chi connectivity index (χ1v) is 11.5. The fourth-order valence-corrected chi connectivity index (χ4v) is 3.77. The van der Waals surface area contributed by atoms with Crippen molar-refractivity contribution in [3.8, 4) is 11.5 Å². The Kier molecular flexibility index (Phi) is 8.58. The maximum absolute atomic E-state index is 12.7. The van der Waals surface area contributed by atoms with Gasteiger partial charge in [-0.15, -0.1) is 0 Å². The fraction of sp³-hybridized carbons (Fsp3) is 0.500. The second kappa shape index (κ2) is 11.4. The van der Waals surface area contributed by atoms with E-state index in [1.54, 1.807) is 14.2 Å². The van der Waals surface area contributed by atoms with Gasteiger partial charge in [0.15, 0.2) is 0 Å². The Morgan fingerprint density at radius 1 is 0.970 bits per heavy atom. The van der Waals surface area contributed by atoms with E-state index >= 15 is 0 Å². The van der Waals surface area contributed by atoms with Crippen LogP contribution in [0.1, 0.15) is 37.5 Å². The van der Waals surface area contributed by atoms with Crippen LogP contribution in [0.4, 0.5) is 4.79 Å². The standard InChI is InChI=1S/C26H37N3O4/c1-26(2,3)33-19-21-8-6-7-20(15-21)17-27-25(30)29-13-11-28(12-14-29)18-22-16-23(31-4)9-10-24(22)32-5/h6-10,15-16H,11-14,17-19H2,1-5H3,(H,27,30). The van der Waals surface area contributed by atoms with E-state index in [2.05, 4.69) is 16.3 Å². The minimum atomic E-state index is -0.177. The number of carbonyl (C=O) groups excluding carboxylic acids is 1. The van der Waals surface area contributed by atoms with Gasteiger partial charge in [0, 0.05) is 44.8 Å². The number of urea groups is 1. The predicted octanol–water partition coefficient (Wildman–Crippen LogP) is 4.05. The average Bonchev–Trinajstić information content (AvgIpc) is 2.81. The Labute approximate surface area is 197 Å². The molecule has 180 valence electrons. The first-order valence-electron chi connectivity index (χ1n) is 11.5. The molecule has 0 aromatic heterocycles. The number of piperazine rings is 1. The van der Waals surface area contributed by atoms with Crippen LogP contribution in [-0.2, 0) is 24.4 Å². The number of carbonyl (C=O) groups is 1. The summed E-state index contributed by atoms with van der Waals surface area (Å²) in [6, 6.07) is 14.0. The normalized spacial score (nSPS) is 14.8. The van der Waals surface area contributed by atoms with Crippen LogP contribution in [0, 0.1) is 0 Å². The van der Waals surface area contributed by atoms with Gasteiger partial charge in [0.1, 0.15) is 11.5 Å². The van der Waals surface area contributed by atoms with Crippen LogP contribution in [-0.4, -0.2) is 61.8 Å². The highest BCUT2D eigenvalue weighted by Gasteiger charge is 2.22. The van der Waals surface area contributed by atoms with Crippen molar-refractivity contribution in [2.75, 3.05) is 40.4 Å². The van der Waals surface area contributed by atoms with E-state index in [4.69, 9.17) is 14.2 Å². The Morgan fingerprint density at radius 2 is 1.70 bits per heavy atom. The summed E-state index contributed by atoms with van der Waals surface area (Å²) in [6.07, 6.45) is 0. The van der Waals surface area contributed by atoms with E-state index in [0.717, 1.165) is 47.8 Å². The molecule has 2 aromatic carbocycles. The maximum atomic E-state index is 12.7. The van der Waals surface area contributed by atoms with Gasteiger partial charge in [0.25, 0.3) is 0 Å². The lowest BCUT2D eigenvalue weighted by molar-refractivity contribution is -0.0149. The van der Waals surface area contributed by atoms with Gasteiger partial charge in [-0.2, -0.15) is 0 Å². The van der Waals surface area contributed by atoms with Crippen LogP contribution in [0.5, 0.6) is 11.5 Å². The summed E-state index contributed by atoms with van der Waals surface area (Å²) in [7, 11) is 3.35. The quantitative estimate of drug-likeness (QED) is 0.651. The summed E-state index contributed by atoms with van der Waals surface area (Å²) in [6.45, 7) is 11.0. The fourth-order valence-electron chi connectivity index (χ4n) is 3.77. The predicted molar refractivity (Wildman–Crippen MR) is 130 cm³/mol. The molecule has 0 bridgehead atoms. The molecule has 3 rings (SSSR count). The second-order valence-corrected chi connectivity index (χ2v) is 9.32. The van der Waals surface area contributed by atoms with Gasteiger partial charge in [-0.3, -0.25) is 4.90 Å². The van der Waals surface area contributed by atoms with Gasteiger partial charge < -0.3 is 24.4 Å². The smallest absolute Gasteiger partial charge is 0.317 e. The summed E-state index contributed by atoms with van der Waals surface area (Å²) in [5, 5.41) is 3.06. The van der Waals surface area contributed by atoms with Crippen LogP contribution in [0.2, 0.25) is 0 Å². The van der Waals surface area contributed by atoms with Crippen LogP contribution in [0.3, 0.4) is 0 Å². The third kappa shape index (κ3) is 7.65. The summed E-state index contributed by atoms with van der Waals surface area (Å²) in [4.78, 5) is 16.9. The molecular formula is C26H37N3O4. The van der Waals surface area contributed by atoms with E-state index in [-0.39, 0.29) is 11.6 Å². The lowest BCUT2D eigenvalue weighted by Gasteiger charge is -2.35. The number of methoxy groups -OCH3 is 2. The molecule has 2 amide bonds. The summed E-state index contributed by atoms with van der Waals surface area (Å²) in [5.41, 5.74) is 3.09. The average molecular weight is 456 g/mol. The molecule has 0 saturated carbocycles. The van der Waals surface area contributed by atoms with Gasteiger partial charge >= 0.3 is 6.03 Å². The molecular weight excluding hydrogens is 418 g/mol. The highest BCUT2D eigenvalue weighted by atomic mass is 16.5. The monoisotopic (exact) mass is 455 g/mol. The van der Waals surface area contributed by atoms with Crippen molar-refractivity contribution in [1.82, 2.24) is 15.1 Å². The number of hydrogen-bond acceptors (Lipinski definition) is 5. The molecule has 0 aliphatic carbocycles. The lowest BCUT2D eigenvalue weighted by atomic mass is 10.1. The zero-order valence-corrected chi connectivity index (χ0v) is 20.5. The molecule has 1 heterocycles. The molecule has 0 radical (unpaired) electrons. The minimum Gasteiger partial charge on any atom is -0.497 e.